The van der Waals surface area contributed by atoms with Crippen LogP contribution in [-0.4, -0.2) is 58.6 Å². The monoisotopic (exact) mass is 366 g/mol. The van der Waals surface area contributed by atoms with Crippen LogP contribution < -0.4 is 4.74 Å². The fourth-order valence-corrected chi connectivity index (χ4v) is 3.19. The molecule has 6 nitrogen and oxygen atoms in total. The summed E-state index contributed by atoms with van der Waals surface area (Å²) in [6, 6.07) is 9.62. The van der Waals surface area contributed by atoms with Gasteiger partial charge in [0.2, 0.25) is 5.88 Å². The second-order valence-electron chi connectivity index (χ2n) is 6.66. The summed E-state index contributed by atoms with van der Waals surface area (Å²) in [6.07, 6.45) is 3.59. The third-order valence-corrected chi connectivity index (χ3v) is 4.93. The lowest BCUT2D eigenvalue weighted by Gasteiger charge is -2.35. The number of nitrogens with zero attached hydrogens (tertiary/aromatic N) is 4. The maximum absolute atomic E-state index is 9.72. The van der Waals surface area contributed by atoms with Gasteiger partial charge >= 0.3 is 0 Å². The van der Waals surface area contributed by atoms with E-state index in [2.05, 4.69) is 26.5 Å². The van der Waals surface area contributed by atoms with Crippen molar-refractivity contribution in [2.45, 2.75) is 13.8 Å². The summed E-state index contributed by atoms with van der Waals surface area (Å²) < 4.78 is 6.10. The van der Waals surface area contributed by atoms with Crippen molar-refractivity contribution >= 4 is 5.84 Å². The normalized spacial score (nSPS) is 15.6. The molecule has 0 unspecified atom stereocenters. The Morgan fingerprint density at radius 1 is 1.22 bits per heavy atom. The van der Waals surface area contributed by atoms with Crippen molar-refractivity contribution in [2.24, 2.45) is 5.16 Å². The van der Waals surface area contributed by atoms with Crippen LogP contribution in [0.25, 0.3) is 0 Å². The number of aryl methyl sites for hydroxylation is 1. The van der Waals surface area contributed by atoms with Gasteiger partial charge in [0.15, 0.2) is 5.84 Å². The van der Waals surface area contributed by atoms with Crippen LogP contribution in [0.5, 0.6) is 11.6 Å². The van der Waals surface area contributed by atoms with E-state index in [9.17, 15) is 5.21 Å². The van der Waals surface area contributed by atoms with Crippen LogP contribution in [0.15, 0.2) is 54.3 Å². The van der Waals surface area contributed by atoms with Crippen molar-refractivity contribution in [1.82, 2.24) is 14.8 Å². The predicted octanol–water partition coefficient (Wildman–Crippen LogP) is 3.43. The number of piperazine rings is 1. The third kappa shape index (κ3) is 4.28. The maximum atomic E-state index is 9.72. The minimum Gasteiger partial charge on any atom is -0.438 e. The summed E-state index contributed by atoms with van der Waals surface area (Å²) in [4.78, 5) is 8.77. The van der Waals surface area contributed by atoms with E-state index in [1.54, 1.807) is 6.20 Å². The highest BCUT2D eigenvalue weighted by Crippen LogP contribution is 2.28. The molecule has 1 N–H and O–H groups in total. The summed E-state index contributed by atoms with van der Waals surface area (Å²) in [6.45, 7) is 12.0. The lowest BCUT2D eigenvalue weighted by molar-refractivity contribution is 0.192. The van der Waals surface area contributed by atoms with Crippen LogP contribution in [0.3, 0.4) is 0 Å². The molecule has 1 aliphatic rings. The van der Waals surface area contributed by atoms with Gasteiger partial charge in [-0.25, -0.2) is 4.98 Å². The molecule has 1 aliphatic heterocycles. The summed E-state index contributed by atoms with van der Waals surface area (Å²) in [5.41, 5.74) is 2.90. The molecule has 27 heavy (non-hydrogen) atoms. The zero-order valence-electron chi connectivity index (χ0n) is 15.9. The summed E-state index contributed by atoms with van der Waals surface area (Å²) >= 11 is 0. The van der Waals surface area contributed by atoms with Gasteiger partial charge in [0, 0.05) is 38.9 Å². The lowest BCUT2D eigenvalue weighted by Crippen LogP contribution is -2.49. The van der Waals surface area contributed by atoms with Crippen molar-refractivity contribution < 1.29 is 9.94 Å². The molecule has 6 heteroatoms. The highest BCUT2D eigenvalue weighted by atomic mass is 16.5. The molecular formula is C21H26N4O2. The van der Waals surface area contributed by atoms with Gasteiger partial charge in [-0.3, -0.25) is 4.90 Å². The molecule has 0 bridgehead atoms. The lowest BCUT2D eigenvalue weighted by atomic mass is 10.1. The first kappa shape index (κ1) is 18.9. The predicted molar refractivity (Wildman–Crippen MR) is 107 cm³/mol. The number of hydrogen-bond acceptors (Lipinski definition) is 5. The van der Waals surface area contributed by atoms with E-state index in [0.717, 1.165) is 49.6 Å². The van der Waals surface area contributed by atoms with E-state index >= 15 is 0 Å². The van der Waals surface area contributed by atoms with Gasteiger partial charge in [0.25, 0.3) is 0 Å². The Bertz CT molecular complexity index is 827. The molecule has 1 fully saturated rings. The fraction of sp³-hybridized carbons (Fsp3) is 0.333. The van der Waals surface area contributed by atoms with Gasteiger partial charge in [-0.1, -0.05) is 23.4 Å². The topological polar surface area (TPSA) is 61.2 Å². The molecule has 142 valence electrons. The smallest absolute Gasteiger partial charge is 0.230 e. The zero-order valence-corrected chi connectivity index (χ0v) is 15.9. The van der Waals surface area contributed by atoms with E-state index in [0.29, 0.717) is 17.3 Å². The zero-order chi connectivity index (χ0) is 19.2. The fourth-order valence-electron chi connectivity index (χ4n) is 3.19. The molecule has 1 aromatic carbocycles. The van der Waals surface area contributed by atoms with Crippen LogP contribution >= 0.6 is 0 Å². The number of rotatable bonds is 5. The molecule has 0 amide bonds. The number of ether oxygens (including phenoxy) is 1. The van der Waals surface area contributed by atoms with E-state index in [4.69, 9.17) is 4.74 Å². The Hall–Kier alpha value is -2.86. The highest BCUT2D eigenvalue weighted by Gasteiger charge is 2.24. The Kier molecular flexibility index (Phi) is 6.08. The van der Waals surface area contributed by atoms with Gasteiger partial charge in [-0.2, -0.15) is 0 Å². The molecule has 0 spiro atoms. The van der Waals surface area contributed by atoms with Crippen molar-refractivity contribution in [2.75, 3.05) is 32.7 Å². The average Bonchev–Trinajstić information content (AvgIpc) is 2.69. The average molecular weight is 366 g/mol. The molecule has 1 aromatic heterocycles. The first-order chi connectivity index (χ1) is 13.1. The van der Waals surface area contributed by atoms with E-state index in [-0.39, 0.29) is 0 Å². The van der Waals surface area contributed by atoms with Crippen molar-refractivity contribution in [1.29, 1.82) is 0 Å². The molecule has 2 aromatic rings. The molecule has 0 aliphatic carbocycles. The van der Waals surface area contributed by atoms with Crippen molar-refractivity contribution in [3.05, 3.63) is 65.9 Å². The van der Waals surface area contributed by atoms with Gasteiger partial charge in [-0.15, -0.1) is 6.58 Å². The summed E-state index contributed by atoms with van der Waals surface area (Å²) in [5.74, 6) is 1.68. The molecule has 0 saturated carbocycles. The number of benzene rings is 1. The Morgan fingerprint density at radius 2 is 2.00 bits per heavy atom. The molecule has 1 saturated heterocycles. The minimum absolute atomic E-state index is 0.438. The third-order valence-electron chi connectivity index (χ3n) is 4.93. The van der Waals surface area contributed by atoms with Crippen LogP contribution in [-0.2, 0) is 0 Å². The number of aromatic nitrogens is 1. The molecule has 2 heterocycles. The SMILES string of the molecule is C=CCN1CCN(/C(=N\O)c2cccnc2Oc2cccc(C)c2C)CC1. The standard InChI is InChI=1S/C21H26N4O2/c1-4-11-24-12-14-25(15-13-24)20(23-26)18-8-6-10-22-21(18)27-19-9-5-7-16(2)17(19)3/h4-10,26H,1,11-15H2,2-3H3/b23-20-. The largest absolute Gasteiger partial charge is 0.438 e. The van der Waals surface area contributed by atoms with Crippen molar-refractivity contribution in [3.63, 3.8) is 0 Å². The van der Waals surface area contributed by atoms with E-state index in [1.165, 1.54) is 0 Å². The number of oxime groups is 1. The van der Waals surface area contributed by atoms with Gasteiger partial charge in [0.05, 0.1) is 5.56 Å². The Morgan fingerprint density at radius 3 is 2.70 bits per heavy atom. The summed E-state index contributed by atoms with van der Waals surface area (Å²) in [7, 11) is 0. The first-order valence-corrected chi connectivity index (χ1v) is 9.13. The Labute approximate surface area is 160 Å². The summed E-state index contributed by atoms with van der Waals surface area (Å²) in [5, 5.41) is 13.3. The van der Waals surface area contributed by atoms with Crippen LogP contribution in [0.1, 0.15) is 16.7 Å². The van der Waals surface area contributed by atoms with Crippen molar-refractivity contribution in [3.8, 4) is 11.6 Å². The van der Waals surface area contributed by atoms with Gasteiger partial charge < -0.3 is 14.8 Å². The number of hydrogen-bond donors (Lipinski definition) is 1. The van der Waals surface area contributed by atoms with Crippen LogP contribution in [0, 0.1) is 13.8 Å². The molecule has 0 atom stereocenters. The minimum atomic E-state index is 0.438. The van der Waals surface area contributed by atoms with Crippen LogP contribution in [0.2, 0.25) is 0 Å². The van der Waals surface area contributed by atoms with Gasteiger partial charge in [0.1, 0.15) is 5.75 Å². The second-order valence-corrected chi connectivity index (χ2v) is 6.66. The highest BCUT2D eigenvalue weighted by molar-refractivity contribution is 6.00. The second kappa shape index (κ2) is 8.68. The van der Waals surface area contributed by atoms with Gasteiger partial charge in [-0.05, 0) is 43.2 Å². The molecular weight excluding hydrogens is 340 g/mol. The van der Waals surface area contributed by atoms with Crippen LogP contribution in [0.4, 0.5) is 0 Å². The maximum Gasteiger partial charge on any atom is 0.230 e. The Balaban J connectivity index is 1.84. The van der Waals surface area contributed by atoms with E-state index < -0.39 is 0 Å². The van der Waals surface area contributed by atoms with E-state index in [1.807, 2.05) is 50.3 Å². The molecule has 3 rings (SSSR count). The first-order valence-electron chi connectivity index (χ1n) is 9.13. The quantitative estimate of drug-likeness (QED) is 0.289. The number of pyridine rings is 1. The molecule has 0 radical (unpaired) electrons. The number of amidine groups is 1.